The van der Waals surface area contributed by atoms with Crippen LogP contribution < -0.4 is 10.9 Å². The zero-order valence-electron chi connectivity index (χ0n) is 17.7. The maximum absolute atomic E-state index is 4.89. The van der Waals surface area contributed by atoms with E-state index in [9.17, 15) is 0 Å². The summed E-state index contributed by atoms with van der Waals surface area (Å²) in [6, 6.07) is 1.03. The van der Waals surface area contributed by atoms with E-state index in [4.69, 9.17) is 25.6 Å². The molecule has 4 rings (SSSR count). The molecule has 0 radical (unpaired) electrons. The van der Waals surface area contributed by atoms with Gasteiger partial charge in [0.25, 0.3) is 0 Å². The van der Waals surface area contributed by atoms with E-state index in [0.717, 1.165) is 13.3 Å². The number of rotatable bonds is 5. The normalized spacial score (nSPS) is 34.0. The Kier molecular flexibility index (Phi) is 9.26. The van der Waals surface area contributed by atoms with E-state index in [2.05, 4.69) is 55.1 Å². The molecule has 4 fully saturated rings. The second kappa shape index (κ2) is 11.5. The standard InChI is InChI=1S/C18H38N8S4/c27-21-11-23(19-15-7-3-1-4-8-15)17(25(29)13-21)18-24(12-22(28)14-26(18)30)20-16-9-5-2-6-10-16/h15-20,27-30H,1-14H2. The largest absolute Gasteiger partial charge is 0.249 e. The van der Waals surface area contributed by atoms with Crippen molar-refractivity contribution in [3.05, 3.63) is 0 Å². The summed E-state index contributed by atoms with van der Waals surface area (Å²) >= 11 is 19.1. The second-order valence-corrected chi connectivity index (χ2v) is 11.3. The van der Waals surface area contributed by atoms with E-state index in [-0.39, 0.29) is 12.3 Å². The summed E-state index contributed by atoms with van der Waals surface area (Å²) in [5, 5.41) is 4.63. The van der Waals surface area contributed by atoms with Gasteiger partial charge in [-0.25, -0.2) is 38.1 Å². The number of hydrazine groups is 2. The fourth-order valence-corrected chi connectivity index (χ4v) is 6.77. The van der Waals surface area contributed by atoms with Crippen molar-refractivity contribution < 1.29 is 0 Å². The Balaban J connectivity index is 1.52. The highest BCUT2D eigenvalue weighted by Gasteiger charge is 2.45. The first-order valence-electron chi connectivity index (χ1n) is 11.4. The number of nitrogens with zero attached hydrogens (tertiary/aromatic N) is 6. The van der Waals surface area contributed by atoms with Crippen LogP contribution in [0.4, 0.5) is 0 Å². The molecule has 2 heterocycles. The lowest BCUT2D eigenvalue weighted by atomic mass is 9.96. The highest BCUT2D eigenvalue weighted by Crippen LogP contribution is 2.30. The van der Waals surface area contributed by atoms with Gasteiger partial charge in [-0.3, -0.25) is 0 Å². The fourth-order valence-electron chi connectivity index (χ4n) is 5.23. The molecule has 0 aromatic rings. The van der Waals surface area contributed by atoms with Crippen molar-refractivity contribution in [1.29, 1.82) is 0 Å². The minimum atomic E-state index is 0.0225. The maximum atomic E-state index is 4.89. The van der Waals surface area contributed by atoms with Crippen LogP contribution in [0.5, 0.6) is 0 Å². The monoisotopic (exact) mass is 494 g/mol. The molecule has 2 atom stereocenters. The van der Waals surface area contributed by atoms with E-state index in [1.807, 2.05) is 8.61 Å². The third kappa shape index (κ3) is 6.15. The zero-order valence-corrected chi connectivity index (χ0v) is 21.3. The van der Waals surface area contributed by atoms with Gasteiger partial charge in [-0.15, -0.1) is 0 Å². The molecule has 2 aliphatic heterocycles. The van der Waals surface area contributed by atoms with E-state index in [1.54, 1.807) is 0 Å². The average Bonchev–Trinajstić information content (AvgIpc) is 2.71. The molecule has 0 spiro atoms. The quantitative estimate of drug-likeness (QED) is 0.326. The van der Waals surface area contributed by atoms with Crippen molar-refractivity contribution in [2.24, 2.45) is 0 Å². The van der Waals surface area contributed by atoms with Crippen LogP contribution in [0.15, 0.2) is 0 Å². The summed E-state index contributed by atoms with van der Waals surface area (Å²) in [4.78, 5) is 0. The van der Waals surface area contributed by atoms with Crippen molar-refractivity contribution in [3.8, 4) is 0 Å². The molecule has 30 heavy (non-hydrogen) atoms. The zero-order chi connectivity index (χ0) is 21.1. The topological polar surface area (TPSA) is 43.5 Å². The fraction of sp³-hybridized carbons (Fsp3) is 1.00. The van der Waals surface area contributed by atoms with Crippen LogP contribution in [0.25, 0.3) is 0 Å². The molecular weight excluding hydrogens is 457 g/mol. The van der Waals surface area contributed by atoms with Crippen molar-refractivity contribution >= 4 is 51.3 Å². The van der Waals surface area contributed by atoms with E-state index in [0.29, 0.717) is 25.4 Å². The molecular formula is C18H38N8S4. The van der Waals surface area contributed by atoms with Crippen LogP contribution in [-0.4, -0.2) is 78.3 Å². The molecule has 0 bridgehead atoms. The van der Waals surface area contributed by atoms with Gasteiger partial charge in [0.1, 0.15) is 12.3 Å². The summed E-state index contributed by atoms with van der Waals surface area (Å²) in [7, 11) is 0. The number of hydrogen-bond donors (Lipinski definition) is 6. The first-order valence-corrected chi connectivity index (χ1v) is 13.0. The van der Waals surface area contributed by atoms with Crippen LogP contribution in [0.3, 0.4) is 0 Å². The van der Waals surface area contributed by atoms with E-state index < -0.39 is 0 Å². The number of nitrogens with one attached hydrogen (secondary N) is 2. The van der Waals surface area contributed by atoms with Gasteiger partial charge in [-0.1, -0.05) is 89.8 Å². The molecule has 174 valence electrons. The molecule has 0 aromatic carbocycles. The van der Waals surface area contributed by atoms with Crippen molar-refractivity contribution in [3.63, 3.8) is 0 Å². The van der Waals surface area contributed by atoms with Gasteiger partial charge in [0.2, 0.25) is 0 Å². The van der Waals surface area contributed by atoms with E-state index in [1.165, 1.54) is 64.2 Å². The van der Waals surface area contributed by atoms with Gasteiger partial charge in [0.05, 0.1) is 26.7 Å². The van der Waals surface area contributed by atoms with Crippen LogP contribution in [0.1, 0.15) is 64.2 Å². The van der Waals surface area contributed by atoms with Gasteiger partial charge >= 0.3 is 0 Å². The van der Waals surface area contributed by atoms with Crippen molar-refractivity contribution in [1.82, 2.24) is 38.1 Å². The lowest BCUT2D eigenvalue weighted by Crippen LogP contribution is -2.75. The smallest absolute Gasteiger partial charge is 0.119 e. The third-order valence-electron chi connectivity index (χ3n) is 6.67. The lowest BCUT2D eigenvalue weighted by molar-refractivity contribution is -0.147. The van der Waals surface area contributed by atoms with Gasteiger partial charge < -0.3 is 0 Å². The maximum Gasteiger partial charge on any atom is 0.119 e. The van der Waals surface area contributed by atoms with Crippen LogP contribution in [0, 0.1) is 0 Å². The molecule has 2 unspecified atom stereocenters. The van der Waals surface area contributed by atoms with Gasteiger partial charge in [0, 0.05) is 12.1 Å². The first-order chi connectivity index (χ1) is 14.5. The SMILES string of the molecule is SN1CN(S)C(C2N(S)CN(S)CN2NC2CCCCC2)N(NC2CCCCC2)C1. The van der Waals surface area contributed by atoms with Crippen LogP contribution in [0.2, 0.25) is 0 Å². The molecule has 2 N–H and O–H groups in total. The minimum absolute atomic E-state index is 0.0225. The molecule has 2 aliphatic carbocycles. The minimum Gasteiger partial charge on any atom is -0.249 e. The van der Waals surface area contributed by atoms with Gasteiger partial charge in [-0.05, 0) is 25.7 Å². The summed E-state index contributed by atoms with van der Waals surface area (Å²) in [5.41, 5.74) is 7.65. The average molecular weight is 495 g/mol. The highest BCUT2D eigenvalue weighted by molar-refractivity contribution is 7.78. The summed E-state index contributed by atoms with van der Waals surface area (Å²) in [5.74, 6) is 0. The highest BCUT2D eigenvalue weighted by atomic mass is 32.1. The Bertz CT molecular complexity index is 490. The molecule has 4 aliphatic rings. The Morgan fingerprint density at radius 1 is 0.500 bits per heavy atom. The Hall–Kier alpha value is 1.08. The predicted octanol–water partition coefficient (Wildman–Crippen LogP) is 2.36. The summed E-state index contributed by atoms with van der Waals surface area (Å²) < 4.78 is 8.14. The molecule has 0 aromatic heterocycles. The van der Waals surface area contributed by atoms with Crippen molar-refractivity contribution in [2.45, 2.75) is 88.6 Å². The predicted molar refractivity (Wildman–Crippen MR) is 134 cm³/mol. The van der Waals surface area contributed by atoms with Gasteiger partial charge in [-0.2, -0.15) is 0 Å². The molecule has 0 amide bonds. The number of thiol groups is 4. The Morgan fingerprint density at radius 3 is 1.23 bits per heavy atom. The molecule has 2 saturated carbocycles. The Labute approximate surface area is 204 Å². The first kappa shape index (κ1) is 24.2. The molecule has 12 heteroatoms. The van der Waals surface area contributed by atoms with Crippen molar-refractivity contribution in [2.75, 3.05) is 26.7 Å². The van der Waals surface area contributed by atoms with Crippen LogP contribution >= 0.6 is 51.3 Å². The van der Waals surface area contributed by atoms with Crippen LogP contribution in [-0.2, 0) is 0 Å². The third-order valence-corrected chi connectivity index (χ3v) is 7.90. The summed E-state index contributed by atoms with van der Waals surface area (Å²) in [6.45, 7) is 2.84. The molecule has 8 nitrogen and oxygen atoms in total. The lowest BCUT2D eigenvalue weighted by Gasteiger charge is -2.55. The van der Waals surface area contributed by atoms with E-state index >= 15 is 0 Å². The number of hydrogen-bond acceptors (Lipinski definition) is 12. The molecule has 2 saturated heterocycles. The Morgan fingerprint density at radius 2 is 0.867 bits per heavy atom. The summed E-state index contributed by atoms with van der Waals surface area (Å²) in [6.07, 6.45) is 12.9. The van der Waals surface area contributed by atoms with Gasteiger partial charge in [0.15, 0.2) is 0 Å². The second-order valence-electron chi connectivity index (χ2n) is 9.15.